The topological polar surface area (TPSA) is 30.0 Å². The molecule has 0 bridgehead atoms. The zero-order valence-electron chi connectivity index (χ0n) is 25.2. The number of hydrogen-bond acceptors (Lipinski definition) is 4. The molecule has 2 saturated heterocycles. The maximum Gasteiger partial charge on any atom is 0.237 e. The molecule has 0 spiro atoms. The Morgan fingerprint density at radius 2 is 1.48 bits per heavy atom. The minimum Gasteiger partial charge on any atom is -0.368 e. The van der Waals surface area contributed by atoms with E-state index in [4.69, 9.17) is 23.2 Å². The van der Waals surface area contributed by atoms with Crippen molar-refractivity contribution in [2.45, 2.75) is 37.6 Å². The van der Waals surface area contributed by atoms with Crippen LogP contribution in [-0.2, 0) is 10.2 Å². The molecule has 7 heteroatoms. The molecule has 5 nitrogen and oxygen atoms in total. The number of benzene rings is 3. The number of carbonyl (C=O) groups excluding carboxylic acids is 1. The lowest BCUT2D eigenvalue weighted by Crippen LogP contribution is -2.52. The van der Waals surface area contributed by atoms with Crippen LogP contribution in [0.5, 0.6) is 0 Å². The largest absolute Gasteiger partial charge is 0.368 e. The van der Waals surface area contributed by atoms with Crippen LogP contribution >= 0.6 is 23.2 Å². The highest BCUT2D eigenvalue weighted by atomic mass is 35.5. The highest BCUT2D eigenvalue weighted by Crippen LogP contribution is 2.39. The normalized spacial score (nSPS) is 20.5. The van der Waals surface area contributed by atoms with Crippen molar-refractivity contribution in [3.05, 3.63) is 100 Å². The Balaban J connectivity index is 1.27. The second-order valence-corrected chi connectivity index (χ2v) is 13.0. The third-order valence-electron chi connectivity index (χ3n) is 9.35. The summed E-state index contributed by atoms with van der Waals surface area (Å²) in [7, 11) is 3.76. The van der Waals surface area contributed by atoms with Crippen LogP contribution in [0.15, 0.2) is 78.9 Å². The number of likely N-dealkylation sites (tertiary alicyclic amines) is 1. The molecule has 3 aromatic rings. The Morgan fingerprint density at radius 1 is 0.857 bits per heavy atom. The molecule has 224 valence electrons. The van der Waals surface area contributed by atoms with Crippen LogP contribution in [-0.4, -0.2) is 86.6 Å². The van der Waals surface area contributed by atoms with Gasteiger partial charge in [-0.15, -0.1) is 0 Å². The van der Waals surface area contributed by atoms with Gasteiger partial charge in [-0.05, 0) is 55.4 Å². The van der Waals surface area contributed by atoms with E-state index < -0.39 is 5.41 Å². The average molecular weight is 608 g/mol. The van der Waals surface area contributed by atoms with E-state index in [-0.39, 0.29) is 5.91 Å². The van der Waals surface area contributed by atoms with Crippen molar-refractivity contribution >= 4 is 34.8 Å². The number of piperazine rings is 1. The number of anilines is 1. The van der Waals surface area contributed by atoms with E-state index in [0.29, 0.717) is 22.0 Å². The molecule has 1 amide bonds. The fourth-order valence-corrected chi connectivity index (χ4v) is 7.36. The maximum absolute atomic E-state index is 14.1. The number of carbonyl (C=O) groups is 1. The van der Waals surface area contributed by atoms with E-state index in [9.17, 15) is 4.79 Å². The molecule has 2 fully saturated rings. The summed E-state index contributed by atoms with van der Waals surface area (Å²) in [5.74, 6) is 0.758. The Hall–Kier alpha value is -2.57. The summed E-state index contributed by atoms with van der Waals surface area (Å²) >= 11 is 12.8. The van der Waals surface area contributed by atoms with Gasteiger partial charge in [-0.1, -0.05) is 89.9 Å². The lowest BCUT2D eigenvalue weighted by molar-refractivity contribution is -0.133. The van der Waals surface area contributed by atoms with Gasteiger partial charge in [-0.2, -0.15) is 0 Å². The highest BCUT2D eigenvalue weighted by molar-refractivity contribution is 6.43. The van der Waals surface area contributed by atoms with Gasteiger partial charge in [0.1, 0.15) is 5.41 Å². The van der Waals surface area contributed by atoms with Gasteiger partial charge in [0, 0.05) is 66.0 Å². The van der Waals surface area contributed by atoms with Gasteiger partial charge in [0.25, 0.3) is 0 Å². The quantitative estimate of drug-likeness (QED) is 0.272. The van der Waals surface area contributed by atoms with Crippen molar-refractivity contribution < 1.29 is 4.79 Å². The molecule has 0 aliphatic carbocycles. The van der Waals surface area contributed by atoms with Crippen molar-refractivity contribution in [2.24, 2.45) is 5.92 Å². The van der Waals surface area contributed by atoms with Crippen LogP contribution in [0, 0.1) is 5.92 Å². The SMILES string of the molecule is CC1CCC(CN2CCN(c3cccc(Cl)c3Cl)CC2)CN1CCC(C(=O)N(C)C)(c1ccccc1)c1ccccc1. The van der Waals surface area contributed by atoms with Gasteiger partial charge in [-0.3, -0.25) is 9.69 Å². The minimum absolute atomic E-state index is 0.138. The summed E-state index contributed by atoms with van der Waals surface area (Å²) in [5.41, 5.74) is 2.44. The Bertz CT molecular complexity index is 1270. The summed E-state index contributed by atoms with van der Waals surface area (Å²) in [6.45, 7) is 9.37. The van der Waals surface area contributed by atoms with Gasteiger partial charge in [0.15, 0.2) is 0 Å². The summed E-state index contributed by atoms with van der Waals surface area (Å²) in [6, 6.07) is 27.1. The Labute approximate surface area is 262 Å². The highest BCUT2D eigenvalue weighted by Gasteiger charge is 2.43. The predicted octanol–water partition coefficient (Wildman–Crippen LogP) is 6.68. The fraction of sp³-hybridized carbons (Fsp3) is 0.457. The molecule has 0 N–H and O–H groups in total. The summed E-state index contributed by atoms with van der Waals surface area (Å²) in [5, 5.41) is 1.27. The van der Waals surface area contributed by atoms with Crippen LogP contribution in [0.4, 0.5) is 5.69 Å². The molecular formula is C35H44Cl2N4O. The number of halogens is 2. The Kier molecular flexibility index (Phi) is 10.2. The second kappa shape index (κ2) is 13.8. The van der Waals surface area contributed by atoms with Crippen molar-refractivity contribution in [3.8, 4) is 0 Å². The lowest BCUT2D eigenvalue weighted by atomic mass is 9.70. The van der Waals surface area contributed by atoms with E-state index in [1.54, 1.807) is 4.90 Å². The van der Waals surface area contributed by atoms with Crippen LogP contribution in [0.3, 0.4) is 0 Å². The third-order valence-corrected chi connectivity index (χ3v) is 10.2. The summed E-state index contributed by atoms with van der Waals surface area (Å²) in [6.07, 6.45) is 3.18. The molecule has 0 saturated carbocycles. The maximum atomic E-state index is 14.1. The van der Waals surface area contributed by atoms with Gasteiger partial charge in [-0.25, -0.2) is 0 Å². The standard InChI is InChI=1S/C35H44Cl2N4O/c1-27-17-18-28(25-39-21-23-40(24-22-39)32-16-10-15-31(36)33(32)37)26-41(27)20-19-35(34(42)38(2)3,29-11-6-4-7-12-29)30-13-8-5-9-14-30/h4-16,27-28H,17-26H2,1-3H3. The first-order valence-corrected chi connectivity index (χ1v) is 16.0. The number of rotatable bonds is 9. The first-order valence-electron chi connectivity index (χ1n) is 15.3. The number of amides is 1. The van der Waals surface area contributed by atoms with Crippen LogP contribution in [0.2, 0.25) is 10.0 Å². The molecule has 2 unspecified atom stereocenters. The molecule has 42 heavy (non-hydrogen) atoms. The molecule has 2 aliphatic rings. The van der Waals surface area contributed by atoms with Gasteiger partial charge in [0.05, 0.1) is 15.7 Å². The van der Waals surface area contributed by atoms with Crippen molar-refractivity contribution in [1.29, 1.82) is 0 Å². The van der Waals surface area contributed by atoms with E-state index in [2.05, 4.69) is 76.2 Å². The van der Waals surface area contributed by atoms with Gasteiger partial charge in [0.2, 0.25) is 5.91 Å². The zero-order valence-corrected chi connectivity index (χ0v) is 26.7. The van der Waals surface area contributed by atoms with E-state index >= 15 is 0 Å². The van der Waals surface area contributed by atoms with E-state index in [1.807, 2.05) is 38.4 Å². The molecule has 2 atom stereocenters. The predicted molar refractivity (Wildman–Crippen MR) is 176 cm³/mol. The number of nitrogens with zero attached hydrogens (tertiary/aromatic N) is 4. The number of piperidine rings is 1. The smallest absolute Gasteiger partial charge is 0.237 e. The molecule has 3 aromatic carbocycles. The van der Waals surface area contributed by atoms with Gasteiger partial charge >= 0.3 is 0 Å². The van der Waals surface area contributed by atoms with Crippen LogP contribution in [0.1, 0.15) is 37.3 Å². The van der Waals surface area contributed by atoms with Crippen molar-refractivity contribution in [3.63, 3.8) is 0 Å². The molecule has 0 radical (unpaired) electrons. The van der Waals surface area contributed by atoms with Crippen molar-refractivity contribution in [2.75, 3.05) is 64.8 Å². The van der Waals surface area contributed by atoms with E-state index in [1.165, 1.54) is 12.8 Å². The minimum atomic E-state index is -0.726. The number of hydrogen-bond donors (Lipinski definition) is 0. The third kappa shape index (κ3) is 6.65. The monoisotopic (exact) mass is 606 g/mol. The number of likely N-dealkylation sites (N-methyl/N-ethyl adjacent to an activating group) is 1. The molecule has 0 aromatic heterocycles. The van der Waals surface area contributed by atoms with Gasteiger partial charge < -0.3 is 14.7 Å². The first kappa shape index (κ1) is 30.9. The summed E-state index contributed by atoms with van der Waals surface area (Å²) in [4.78, 5) is 23.5. The summed E-state index contributed by atoms with van der Waals surface area (Å²) < 4.78 is 0. The fourth-order valence-electron chi connectivity index (χ4n) is 6.94. The van der Waals surface area contributed by atoms with Crippen molar-refractivity contribution in [1.82, 2.24) is 14.7 Å². The molecule has 5 rings (SSSR count). The average Bonchev–Trinajstić information content (AvgIpc) is 3.01. The lowest BCUT2D eigenvalue weighted by Gasteiger charge is -2.44. The van der Waals surface area contributed by atoms with E-state index in [0.717, 1.165) is 69.0 Å². The Morgan fingerprint density at radius 3 is 2.07 bits per heavy atom. The van der Waals surface area contributed by atoms with Crippen LogP contribution < -0.4 is 4.90 Å². The first-order chi connectivity index (χ1) is 20.3. The second-order valence-electron chi connectivity index (χ2n) is 12.2. The molecule has 2 aliphatic heterocycles. The molecular weight excluding hydrogens is 563 g/mol. The zero-order chi connectivity index (χ0) is 29.7. The van der Waals surface area contributed by atoms with Crippen LogP contribution in [0.25, 0.3) is 0 Å². The molecule has 2 heterocycles.